The van der Waals surface area contributed by atoms with Gasteiger partial charge in [-0.05, 0) is 39.9 Å². The summed E-state index contributed by atoms with van der Waals surface area (Å²) < 4.78 is 5.26. The van der Waals surface area contributed by atoms with E-state index in [1.807, 2.05) is 11.3 Å². The molecule has 0 saturated carbocycles. The third kappa shape index (κ3) is 2.60. The molecule has 7 aromatic rings. The Bertz CT molecular complexity index is 1880. The molecule has 0 amide bonds. The van der Waals surface area contributed by atoms with Gasteiger partial charge in [-0.15, -0.1) is 11.3 Å². The largest absolute Gasteiger partial charge is 0.308 e. The number of fused-ring (bicyclic) bond motifs is 10. The van der Waals surface area contributed by atoms with Crippen LogP contribution in [0.4, 0.5) is 0 Å². The molecule has 1 nitrogen and oxygen atoms in total. The molecule has 164 valence electrons. The lowest BCUT2D eigenvalue weighted by Crippen LogP contribution is -2.10. The molecule has 2 aromatic heterocycles. The molecule has 0 spiro atoms. The molecule has 0 radical (unpaired) electrons. The first kappa shape index (κ1) is 19.8. The Kier molecular flexibility index (Phi) is 4.05. The summed E-state index contributed by atoms with van der Waals surface area (Å²) in [5, 5.41) is 8.10. The zero-order valence-electron chi connectivity index (χ0n) is 19.6. The van der Waals surface area contributed by atoms with Gasteiger partial charge in [-0.2, -0.15) is 0 Å². The highest BCUT2D eigenvalue weighted by molar-refractivity contribution is 7.27. The van der Waals surface area contributed by atoms with E-state index in [2.05, 4.69) is 122 Å². The van der Waals surface area contributed by atoms with E-state index in [4.69, 9.17) is 0 Å². The quantitative estimate of drug-likeness (QED) is 0.232. The Morgan fingerprint density at radius 3 is 1.91 bits per heavy atom. The standard InChI is InChI=1S/C32H25NS/c1-32(2,3)25-18-11-17-24-28-22-15-8-7-14-21(22)27-23-16-9-10-19-26(23)33(20-12-5-4-6-13-20)29(27)31(28)34-30(24)25/h4-19H,1-3H3. The van der Waals surface area contributed by atoms with Crippen LogP contribution >= 0.6 is 11.3 Å². The van der Waals surface area contributed by atoms with Crippen molar-refractivity contribution < 1.29 is 0 Å². The van der Waals surface area contributed by atoms with Gasteiger partial charge in [0, 0.05) is 31.9 Å². The maximum atomic E-state index is 2.48. The van der Waals surface area contributed by atoms with Crippen LogP contribution < -0.4 is 0 Å². The van der Waals surface area contributed by atoms with Gasteiger partial charge in [0.1, 0.15) is 0 Å². The third-order valence-electron chi connectivity index (χ3n) is 7.09. The zero-order valence-corrected chi connectivity index (χ0v) is 20.4. The van der Waals surface area contributed by atoms with Crippen molar-refractivity contribution in [2.24, 2.45) is 0 Å². The summed E-state index contributed by atoms with van der Waals surface area (Å²) in [6, 6.07) is 35.5. The van der Waals surface area contributed by atoms with E-state index < -0.39 is 0 Å². The minimum atomic E-state index is 0.0848. The number of hydrogen-bond donors (Lipinski definition) is 0. The second-order valence-electron chi connectivity index (χ2n) is 10.2. The maximum Gasteiger partial charge on any atom is 0.0726 e. The van der Waals surface area contributed by atoms with Crippen molar-refractivity contribution >= 4 is 64.1 Å². The van der Waals surface area contributed by atoms with Crippen LogP contribution in [0.3, 0.4) is 0 Å². The van der Waals surface area contributed by atoms with E-state index in [1.54, 1.807) is 0 Å². The van der Waals surface area contributed by atoms with Crippen LogP contribution in [0.1, 0.15) is 26.3 Å². The fourth-order valence-electron chi connectivity index (χ4n) is 5.64. The first-order chi connectivity index (χ1) is 16.5. The fraction of sp³-hybridized carbons (Fsp3) is 0.125. The Morgan fingerprint density at radius 1 is 0.559 bits per heavy atom. The molecule has 7 rings (SSSR count). The molecule has 2 heteroatoms. The highest BCUT2D eigenvalue weighted by Crippen LogP contribution is 2.49. The van der Waals surface area contributed by atoms with Crippen LogP contribution in [0.2, 0.25) is 0 Å². The van der Waals surface area contributed by atoms with E-state index in [1.165, 1.54) is 64.0 Å². The lowest BCUT2D eigenvalue weighted by molar-refractivity contribution is 0.597. The molecule has 5 aromatic carbocycles. The van der Waals surface area contributed by atoms with E-state index in [9.17, 15) is 0 Å². The van der Waals surface area contributed by atoms with Gasteiger partial charge in [-0.25, -0.2) is 0 Å². The van der Waals surface area contributed by atoms with Crippen LogP contribution in [0.5, 0.6) is 0 Å². The molecule has 0 N–H and O–H groups in total. The topological polar surface area (TPSA) is 4.93 Å². The lowest BCUT2D eigenvalue weighted by atomic mass is 9.86. The minimum Gasteiger partial charge on any atom is -0.308 e. The second kappa shape index (κ2) is 6.94. The second-order valence-corrected chi connectivity index (χ2v) is 11.2. The summed E-state index contributed by atoms with van der Waals surface area (Å²) in [5.74, 6) is 0. The van der Waals surface area contributed by atoms with Crippen LogP contribution in [0.25, 0.3) is 58.4 Å². The maximum absolute atomic E-state index is 2.48. The molecule has 0 atom stereocenters. The van der Waals surface area contributed by atoms with E-state index in [-0.39, 0.29) is 5.41 Å². The smallest absolute Gasteiger partial charge is 0.0726 e. The monoisotopic (exact) mass is 455 g/mol. The van der Waals surface area contributed by atoms with Crippen molar-refractivity contribution in [1.82, 2.24) is 4.57 Å². The number of para-hydroxylation sites is 2. The summed E-state index contributed by atoms with van der Waals surface area (Å²) in [7, 11) is 0. The Balaban J connectivity index is 1.85. The molecule has 0 aliphatic carbocycles. The number of benzene rings is 5. The SMILES string of the molecule is CC(C)(C)c1cccc2c1sc1c2c2ccccc2c2c3ccccc3n(-c3ccccc3)c12. The number of thiophene rings is 1. The third-order valence-corrected chi connectivity index (χ3v) is 8.34. The van der Waals surface area contributed by atoms with Crippen molar-refractivity contribution in [2.75, 3.05) is 0 Å². The first-order valence-electron chi connectivity index (χ1n) is 11.9. The first-order valence-corrected chi connectivity index (χ1v) is 12.7. The van der Waals surface area contributed by atoms with E-state index in [0.29, 0.717) is 0 Å². The van der Waals surface area contributed by atoms with Gasteiger partial charge in [0.05, 0.1) is 15.7 Å². The summed E-state index contributed by atoms with van der Waals surface area (Å²) in [5.41, 5.74) is 5.29. The number of rotatable bonds is 1. The van der Waals surface area contributed by atoms with Gasteiger partial charge in [0.25, 0.3) is 0 Å². The number of nitrogens with zero attached hydrogens (tertiary/aromatic N) is 1. The summed E-state index contributed by atoms with van der Waals surface area (Å²) in [6.07, 6.45) is 0. The Hall–Kier alpha value is -3.62. The molecule has 0 saturated heterocycles. The average Bonchev–Trinajstić information content (AvgIpc) is 3.41. The number of aromatic nitrogens is 1. The summed E-state index contributed by atoms with van der Waals surface area (Å²) >= 11 is 1.96. The van der Waals surface area contributed by atoms with Gasteiger partial charge < -0.3 is 4.57 Å². The van der Waals surface area contributed by atoms with E-state index >= 15 is 0 Å². The van der Waals surface area contributed by atoms with Gasteiger partial charge in [0.15, 0.2) is 0 Å². The fourth-order valence-corrected chi connectivity index (χ4v) is 7.22. The van der Waals surface area contributed by atoms with Crippen molar-refractivity contribution in [1.29, 1.82) is 0 Å². The molecule has 0 bridgehead atoms. The minimum absolute atomic E-state index is 0.0848. The normalized spacial score (nSPS) is 12.6. The van der Waals surface area contributed by atoms with Crippen molar-refractivity contribution in [2.45, 2.75) is 26.2 Å². The molecular formula is C32H25NS. The summed E-state index contributed by atoms with van der Waals surface area (Å²) in [4.78, 5) is 0. The van der Waals surface area contributed by atoms with Gasteiger partial charge in [-0.1, -0.05) is 99.6 Å². The Morgan fingerprint density at radius 2 is 1.18 bits per heavy atom. The van der Waals surface area contributed by atoms with E-state index in [0.717, 1.165) is 0 Å². The van der Waals surface area contributed by atoms with Crippen LogP contribution in [-0.2, 0) is 5.41 Å². The van der Waals surface area contributed by atoms with Crippen LogP contribution in [0.15, 0.2) is 97.1 Å². The highest BCUT2D eigenvalue weighted by Gasteiger charge is 2.24. The van der Waals surface area contributed by atoms with Gasteiger partial charge >= 0.3 is 0 Å². The van der Waals surface area contributed by atoms with Crippen LogP contribution in [-0.4, -0.2) is 4.57 Å². The molecule has 0 unspecified atom stereocenters. The van der Waals surface area contributed by atoms with Crippen molar-refractivity contribution in [3.8, 4) is 5.69 Å². The number of hydrogen-bond acceptors (Lipinski definition) is 1. The molecule has 0 fully saturated rings. The predicted molar refractivity (Wildman–Crippen MR) is 150 cm³/mol. The van der Waals surface area contributed by atoms with Crippen LogP contribution in [0, 0.1) is 0 Å². The molecule has 0 aliphatic heterocycles. The summed E-state index contributed by atoms with van der Waals surface area (Å²) in [6.45, 7) is 6.96. The van der Waals surface area contributed by atoms with Gasteiger partial charge in [0.2, 0.25) is 0 Å². The molecular weight excluding hydrogens is 430 g/mol. The average molecular weight is 456 g/mol. The van der Waals surface area contributed by atoms with Crippen molar-refractivity contribution in [3.63, 3.8) is 0 Å². The Labute approximate surface area is 202 Å². The molecule has 0 aliphatic rings. The lowest BCUT2D eigenvalue weighted by Gasteiger charge is -2.19. The van der Waals surface area contributed by atoms with Gasteiger partial charge in [-0.3, -0.25) is 0 Å². The molecule has 2 heterocycles. The predicted octanol–water partition coefficient (Wildman–Crippen LogP) is 9.60. The highest BCUT2D eigenvalue weighted by atomic mass is 32.1. The molecule has 34 heavy (non-hydrogen) atoms. The van der Waals surface area contributed by atoms with Crippen molar-refractivity contribution in [3.05, 3.63) is 103 Å². The zero-order chi connectivity index (χ0) is 23.0.